The molecule has 2 aromatic carbocycles. The van der Waals surface area contributed by atoms with Crippen molar-refractivity contribution in [2.45, 2.75) is 6.92 Å². The van der Waals surface area contributed by atoms with Crippen LogP contribution < -0.4 is 4.90 Å². The fourth-order valence-electron chi connectivity index (χ4n) is 3.30. The molecule has 0 aliphatic rings. The summed E-state index contributed by atoms with van der Waals surface area (Å²) in [5, 5.41) is 0.725. The van der Waals surface area contributed by atoms with Crippen LogP contribution in [0.5, 0.6) is 0 Å². The Morgan fingerprint density at radius 1 is 1.03 bits per heavy atom. The average Bonchev–Trinajstić information content (AvgIpc) is 3.32. The zero-order valence-corrected chi connectivity index (χ0v) is 17.8. The van der Waals surface area contributed by atoms with Crippen LogP contribution in [-0.4, -0.2) is 36.6 Å². The minimum Gasteiger partial charge on any atom is -0.462 e. The Hall–Kier alpha value is -4.04. The van der Waals surface area contributed by atoms with Gasteiger partial charge in [-0.25, -0.2) is 9.78 Å². The number of pyridine rings is 1. The molecule has 0 fully saturated rings. The van der Waals surface area contributed by atoms with Gasteiger partial charge in [0.15, 0.2) is 0 Å². The van der Waals surface area contributed by atoms with Gasteiger partial charge in [-0.1, -0.05) is 11.8 Å². The Morgan fingerprint density at radius 2 is 1.77 bits per heavy atom. The van der Waals surface area contributed by atoms with E-state index in [0.717, 1.165) is 33.4 Å². The van der Waals surface area contributed by atoms with Crippen molar-refractivity contribution in [1.82, 2.24) is 9.97 Å². The quantitative estimate of drug-likeness (QED) is 0.386. The number of aromatic nitrogens is 2. The number of nitrogens with one attached hydrogen (secondary N) is 1. The van der Waals surface area contributed by atoms with Gasteiger partial charge in [0, 0.05) is 42.5 Å². The van der Waals surface area contributed by atoms with Crippen LogP contribution in [0.2, 0.25) is 0 Å². The number of rotatable bonds is 4. The second-order valence-electron chi connectivity index (χ2n) is 7.28. The number of aromatic amines is 1. The van der Waals surface area contributed by atoms with Crippen LogP contribution in [-0.2, 0) is 4.74 Å². The first-order valence-corrected chi connectivity index (χ1v) is 10.1. The van der Waals surface area contributed by atoms with E-state index >= 15 is 0 Å². The van der Waals surface area contributed by atoms with Crippen molar-refractivity contribution in [3.8, 4) is 23.2 Å². The Morgan fingerprint density at radius 3 is 2.45 bits per heavy atom. The molecule has 2 heterocycles. The average molecular weight is 409 g/mol. The molecular weight excluding hydrogens is 386 g/mol. The number of hydrogen-bond donors (Lipinski definition) is 1. The van der Waals surface area contributed by atoms with Gasteiger partial charge >= 0.3 is 5.97 Å². The predicted molar refractivity (Wildman–Crippen MR) is 124 cm³/mol. The van der Waals surface area contributed by atoms with Gasteiger partial charge in [-0.2, -0.15) is 0 Å². The van der Waals surface area contributed by atoms with Gasteiger partial charge < -0.3 is 14.6 Å². The maximum Gasteiger partial charge on any atom is 0.338 e. The second kappa shape index (κ2) is 8.76. The summed E-state index contributed by atoms with van der Waals surface area (Å²) in [5.41, 5.74) is 5.60. The van der Waals surface area contributed by atoms with E-state index in [9.17, 15) is 4.79 Å². The molecule has 0 aliphatic heterocycles. The number of fused-ring (bicyclic) bond motifs is 1. The summed E-state index contributed by atoms with van der Waals surface area (Å²) in [6.07, 6.45) is 1.83. The van der Waals surface area contributed by atoms with E-state index in [4.69, 9.17) is 9.72 Å². The lowest BCUT2D eigenvalue weighted by Gasteiger charge is -2.11. The van der Waals surface area contributed by atoms with E-state index < -0.39 is 0 Å². The standard InChI is InChI=1S/C26H23N3O2/c1-4-31-26(30)22-17-25(24-6-5-15-27-24)28-23-14-11-19(16-21(22)23)8-7-18-9-12-20(13-10-18)29(2)3/h5-6,9-17,27H,4H2,1-3H3. The van der Waals surface area contributed by atoms with Crippen LogP contribution in [0.4, 0.5) is 5.69 Å². The Labute approximate surface area is 181 Å². The molecule has 0 atom stereocenters. The van der Waals surface area contributed by atoms with Crippen molar-refractivity contribution in [3.05, 3.63) is 83.6 Å². The lowest BCUT2D eigenvalue weighted by molar-refractivity contribution is 0.0528. The molecule has 0 aliphatic carbocycles. The first kappa shape index (κ1) is 20.2. The van der Waals surface area contributed by atoms with Gasteiger partial charge in [0.05, 0.1) is 29.1 Å². The SMILES string of the molecule is CCOC(=O)c1cc(-c2ccc[nH]2)nc2ccc(C#Cc3ccc(N(C)C)cc3)cc12. The van der Waals surface area contributed by atoms with E-state index in [0.29, 0.717) is 17.9 Å². The highest BCUT2D eigenvalue weighted by atomic mass is 16.5. The Kier molecular flexibility index (Phi) is 5.72. The minimum atomic E-state index is -0.368. The molecule has 0 saturated heterocycles. The molecule has 4 aromatic rings. The Balaban J connectivity index is 1.75. The summed E-state index contributed by atoms with van der Waals surface area (Å²) in [6, 6.07) is 19.4. The third kappa shape index (κ3) is 4.44. The lowest BCUT2D eigenvalue weighted by Crippen LogP contribution is -2.07. The molecule has 154 valence electrons. The number of ether oxygens (including phenoxy) is 1. The van der Waals surface area contributed by atoms with Gasteiger partial charge in [0.25, 0.3) is 0 Å². The van der Waals surface area contributed by atoms with E-state index in [-0.39, 0.29) is 5.97 Å². The second-order valence-corrected chi connectivity index (χ2v) is 7.28. The van der Waals surface area contributed by atoms with Gasteiger partial charge in [0.2, 0.25) is 0 Å². The van der Waals surface area contributed by atoms with Crippen LogP contribution >= 0.6 is 0 Å². The molecule has 0 bridgehead atoms. The van der Waals surface area contributed by atoms with Crippen LogP contribution in [0, 0.1) is 11.8 Å². The molecular formula is C26H23N3O2. The van der Waals surface area contributed by atoms with Gasteiger partial charge in [-0.05, 0) is 67.6 Å². The first-order chi connectivity index (χ1) is 15.0. The monoisotopic (exact) mass is 409 g/mol. The molecule has 1 N–H and O–H groups in total. The molecule has 0 spiro atoms. The number of carbonyl (C=O) groups excluding carboxylic acids is 1. The van der Waals surface area contributed by atoms with Crippen molar-refractivity contribution < 1.29 is 9.53 Å². The smallest absolute Gasteiger partial charge is 0.338 e. The summed E-state index contributed by atoms with van der Waals surface area (Å²) in [4.78, 5) is 22.6. The molecule has 5 heteroatoms. The molecule has 31 heavy (non-hydrogen) atoms. The van der Waals surface area contributed by atoms with Crippen LogP contribution in [0.25, 0.3) is 22.3 Å². The number of hydrogen-bond acceptors (Lipinski definition) is 4. The van der Waals surface area contributed by atoms with E-state index in [1.165, 1.54) is 0 Å². The third-order valence-corrected chi connectivity index (χ3v) is 4.91. The van der Waals surface area contributed by atoms with Crippen molar-refractivity contribution >= 4 is 22.6 Å². The molecule has 4 rings (SSSR count). The number of carbonyl (C=O) groups is 1. The summed E-state index contributed by atoms with van der Waals surface area (Å²) < 4.78 is 5.29. The van der Waals surface area contributed by atoms with Crippen molar-refractivity contribution in [2.24, 2.45) is 0 Å². The maximum atomic E-state index is 12.7. The zero-order valence-electron chi connectivity index (χ0n) is 17.8. The van der Waals surface area contributed by atoms with Gasteiger partial charge in [0.1, 0.15) is 0 Å². The van der Waals surface area contributed by atoms with Crippen molar-refractivity contribution in [2.75, 3.05) is 25.6 Å². The topological polar surface area (TPSA) is 58.2 Å². The predicted octanol–water partition coefficient (Wildman–Crippen LogP) is 4.87. The van der Waals surface area contributed by atoms with Crippen LogP contribution in [0.3, 0.4) is 0 Å². The number of H-pyrrole nitrogens is 1. The van der Waals surface area contributed by atoms with Crippen molar-refractivity contribution in [3.63, 3.8) is 0 Å². The largest absolute Gasteiger partial charge is 0.462 e. The fraction of sp³-hybridized carbons (Fsp3) is 0.154. The van der Waals surface area contributed by atoms with Gasteiger partial charge in [-0.15, -0.1) is 0 Å². The number of esters is 1. The summed E-state index contributed by atoms with van der Waals surface area (Å²) in [7, 11) is 4.01. The fourth-order valence-corrected chi connectivity index (χ4v) is 3.30. The molecule has 0 radical (unpaired) electrons. The molecule has 0 saturated carbocycles. The summed E-state index contributed by atoms with van der Waals surface area (Å²) >= 11 is 0. The normalized spacial score (nSPS) is 10.4. The maximum absolute atomic E-state index is 12.7. The third-order valence-electron chi connectivity index (χ3n) is 4.91. The molecule has 5 nitrogen and oxygen atoms in total. The zero-order chi connectivity index (χ0) is 21.8. The molecule has 0 amide bonds. The number of anilines is 1. The first-order valence-electron chi connectivity index (χ1n) is 10.1. The molecule has 2 aromatic heterocycles. The highest BCUT2D eigenvalue weighted by Gasteiger charge is 2.15. The van der Waals surface area contributed by atoms with Crippen LogP contribution in [0.15, 0.2) is 66.9 Å². The Bertz CT molecular complexity index is 1280. The van der Waals surface area contributed by atoms with Crippen molar-refractivity contribution in [1.29, 1.82) is 0 Å². The highest BCUT2D eigenvalue weighted by Crippen LogP contribution is 2.25. The van der Waals surface area contributed by atoms with E-state index in [2.05, 4.69) is 16.8 Å². The summed E-state index contributed by atoms with van der Waals surface area (Å²) in [6.45, 7) is 2.11. The minimum absolute atomic E-state index is 0.308. The summed E-state index contributed by atoms with van der Waals surface area (Å²) in [5.74, 6) is 6.01. The highest BCUT2D eigenvalue weighted by molar-refractivity contribution is 6.05. The number of nitrogens with zero attached hydrogens (tertiary/aromatic N) is 2. The lowest BCUT2D eigenvalue weighted by atomic mass is 10.0. The van der Waals surface area contributed by atoms with E-state index in [1.807, 2.05) is 79.8 Å². The number of benzene rings is 2. The molecule has 0 unspecified atom stereocenters. The van der Waals surface area contributed by atoms with E-state index in [1.54, 1.807) is 13.0 Å². The van der Waals surface area contributed by atoms with Crippen LogP contribution in [0.1, 0.15) is 28.4 Å². The van der Waals surface area contributed by atoms with Gasteiger partial charge in [-0.3, -0.25) is 0 Å².